The Bertz CT molecular complexity index is 581. The van der Waals surface area contributed by atoms with Crippen LogP contribution in [0.5, 0.6) is 0 Å². The highest BCUT2D eigenvalue weighted by atomic mass is 35.5. The summed E-state index contributed by atoms with van der Waals surface area (Å²) in [6.07, 6.45) is 1.60. The van der Waals surface area contributed by atoms with Crippen molar-refractivity contribution >= 4 is 17.5 Å². The monoisotopic (exact) mass is 293 g/mol. The number of rotatable bonds is 5. The Kier molecular flexibility index (Phi) is 4.70. The summed E-state index contributed by atoms with van der Waals surface area (Å²) in [4.78, 5) is 13.8. The first-order valence-corrected chi connectivity index (χ1v) is 6.58. The molecule has 0 saturated carbocycles. The van der Waals surface area contributed by atoms with Crippen LogP contribution >= 0.6 is 11.6 Å². The number of carbonyl (C=O) groups is 1. The molecule has 0 unspecified atom stereocenters. The maximum Gasteiger partial charge on any atom is 0.276 e. The minimum absolute atomic E-state index is 0.178. The zero-order chi connectivity index (χ0) is 14.5. The number of amides is 1. The third kappa shape index (κ3) is 3.55. The van der Waals surface area contributed by atoms with Crippen molar-refractivity contribution in [3.8, 4) is 0 Å². The van der Waals surface area contributed by atoms with Crippen molar-refractivity contribution in [2.75, 3.05) is 13.6 Å². The molecule has 0 atom stereocenters. The Hall–Kier alpha value is -1.92. The second-order valence-electron chi connectivity index (χ2n) is 4.44. The van der Waals surface area contributed by atoms with Crippen LogP contribution in [0.25, 0.3) is 0 Å². The standard InChI is InChI=1S/C13H16ClN5O/c1-18(8-10-2-4-11(14)5-3-10)13(20)12-9-19(7-6-15)17-16-12/h2-5,9H,6-8,15H2,1H3. The van der Waals surface area contributed by atoms with E-state index in [0.29, 0.717) is 30.4 Å². The normalized spacial score (nSPS) is 10.6. The van der Waals surface area contributed by atoms with Gasteiger partial charge in [-0.2, -0.15) is 0 Å². The smallest absolute Gasteiger partial charge is 0.276 e. The van der Waals surface area contributed by atoms with E-state index in [1.54, 1.807) is 35.0 Å². The molecule has 0 aliphatic rings. The molecule has 0 aliphatic carbocycles. The summed E-state index contributed by atoms with van der Waals surface area (Å²) in [6.45, 7) is 1.48. The van der Waals surface area contributed by atoms with Crippen LogP contribution in [-0.2, 0) is 13.1 Å². The Labute approximate surface area is 122 Å². The van der Waals surface area contributed by atoms with Gasteiger partial charge in [0.05, 0.1) is 12.7 Å². The zero-order valence-corrected chi connectivity index (χ0v) is 11.9. The van der Waals surface area contributed by atoms with E-state index in [1.807, 2.05) is 12.1 Å². The first kappa shape index (κ1) is 14.5. The summed E-state index contributed by atoms with van der Waals surface area (Å²) in [6, 6.07) is 7.37. The molecule has 0 fully saturated rings. The molecule has 1 heterocycles. The number of hydrogen-bond donors (Lipinski definition) is 1. The maximum absolute atomic E-state index is 12.2. The average molecular weight is 294 g/mol. The van der Waals surface area contributed by atoms with Gasteiger partial charge in [0.1, 0.15) is 0 Å². The summed E-state index contributed by atoms with van der Waals surface area (Å²) in [7, 11) is 1.72. The largest absolute Gasteiger partial charge is 0.336 e. The van der Waals surface area contributed by atoms with Gasteiger partial charge < -0.3 is 10.6 Å². The van der Waals surface area contributed by atoms with Gasteiger partial charge in [-0.15, -0.1) is 5.10 Å². The van der Waals surface area contributed by atoms with Gasteiger partial charge in [-0.05, 0) is 17.7 Å². The van der Waals surface area contributed by atoms with Gasteiger partial charge in [-0.1, -0.05) is 28.9 Å². The van der Waals surface area contributed by atoms with Crippen molar-refractivity contribution in [1.82, 2.24) is 19.9 Å². The lowest BCUT2D eigenvalue weighted by molar-refractivity contribution is 0.0779. The predicted molar refractivity (Wildman–Crippen MR) is 76.3 cm³/mol. The van der Waals surface area contributed by atoms with Gasteiger partial charge in [0.15, 0.2) is 5.69 Å². The number of nitrogens with two attached hydrogens (primary N) is 1. The molecule has 6 nitrogen and oxygen atoms in total. The number of aromatic nitrogens is 3. The Balaban J connectivity index is 2.02. The maximum atomic E-state index is 12.2. The molecule has 1 amide bonds. The number of hydrogen-bond acceptors (Lipinski definition) is 4. The molecule has 20 heavy (non-hydrogen) atoms. The van der Waals surface area contributed by atoms with E-state index in [0.717, 1.165) is 5.56 Å². The molecule has 0 saturated heterocycles. The van der Waals surface area contributed by atoms with Crippen molar-refractivity contribution in [1.29, 1.82) is 0 Å². The van der Waals surface area contributed by atoms with Crippen molar-refractivity contribution in [2.45, 2.75) is 13.1 Å². The number of benzene rings is 1. The number of halogens is 1. The first-order chi connectivity index (χ1) is 9.60. The highest BCUT2D eigenvalue weighted by Gasteiger charge is 2.15. The van der Waals surface area contributed by atoms with Gasteiger partial charge >= 0.3 is 0 Å². The summed E-state index contributed by atoms with van der Waals surface area (Å²) in [5.74, 6) is -0.178. The van der Waals surface area contributed by atoms with Gasteiger partial charge in [-0.25, -0.2) is 0 Å². The van der Waals surface area contributed by atoms with Crippen LogP contribution in [0.15, 0.2) is 30.5 Å². The fourth-order valence-corrected chi connectivity index (χ4v) is 1.89. The lowest BCUT2D eigenvalue weighted by Crippen LogP contribution is -2.26. The molecule has 1 aromatic carbocycles. The quantitative estimate of drug-likeness (QED) is 0.897. The minimum Gasteiger partial charge on any atom is -0.336 e. The molecule has 0 radical (unpaired) electrons. The number of nitrogens with zero attached hydrogens (tertiary/aromatic N) is 4. The lowest BCUT2D eigenvalue weighted by Gasteiger charge is -2.15. The average Bonchev–Trinajstić information content (AvgIpc) is 2.89. The summed E-state index contributed by atoms with van der Waals surface area (Å²) >= 11 is 5.83. The van der Waals surface area contributed by atoms with E-state index < -0.39 is 0 Å². The molecular weight excluding hydrogens is 278 g/mol. The summed E-state index contributed by atoms with van der Waals surface area (Å²) in [5, 5.41) is 8.38. The molecule has 106 valence electrons. The van der Waals surface area contributed by atoms with Crippen LogP contribution in [-0.4, -0.2) is 39.4 Å². The van der Waals surface area contributed by atoms with E-state index in [2.05, 4.69) is 10.3 Å². The van der Waals surface area contributed by atoms with Crippen LogP contribution in [0.2, 0.25) is 5.02 Å². The molecule has 2 aromatic rings. The van der Waals surface area contributed by atoms with Gasteiger partial charge in [-0.3, -0.25) is 9.48 Å². The third-order valence-electron chi connectivity index (χ3n) is 2.80. The molecule has 1 aromatic heterocycles. The van der Waals surface area contributed by atoms with Crippen molar-refractivity contribution < 1.29 is 4.79 Å². The Morgan fingerprint density at radius 2 is 2.10 bits per heavy atom. The summed E-state index contributed by atoms with van der Waals surface area (Å²) < 4.78 is 1.56. The van der Waals surface area contributed by atoms with E-state index in [-0.39, 0.29) is 5.91 Å². The fourth-order valence-electron chi connectivity index (χ4n) is 1.77. The second-order valence-corrected chi connectivity index (χ2v) is 4.88. The van der Waals surface area contributed by atoms with Crippen LogP contribution < -0.4 is 5.73 Å². The first-order valence-electron chi connectivity index (χ1n) is 6.20. The number of carbonyl (C=O) groups excluding carboxylic acids is 1. The Morgan fingerprint density at radius 1 is 1.40 bits per heavy atom. The third-order valence-corrected chi connectivity index (χ3v) is 3.05. The minimum atomic E-state index is -0.178. The van der Waals surface area contributed by atoms with E-state index >= 15 is 0 Å². The van der Waals surface area contributed by atoms with Crippen LogP contribution in [0, 0.1) is 0 Å². The van der Waals surface area contributed by atoms with E-state index in [4.69, 9.17) is 17.3 Å². The molecular formula is C13H16ClN5O. The Morgan fingerprint density at radius 3 is 2.75 bits per heavy atom. The van der Waals surface area contributed by atoms with Gasteiger partial charge in [0, 0.05) is 25.2 Å². The zero-order valence-electron chi connectivity index (χ0n) is 11.2. The van der Waals surface area contributed by atoms with Crippen molar-refractivity contribution in [2.24, 2.45) is 5.73 Å². The summed E-state index contributed by atoms with van der Waals surface area (Å²) in [5.41, 5.74) is 6.74. The van der Waals surface area contributed by atoms with Crippen LogP contribution in [0.4, 0.5) is 0 Å². The lowest BCUT2D eigenvalue weighted by atomic mass is 10.2. The molecule has 2 rings (SSSR count). The van der Waals surface area contributed by atoms with E-state index in [1.165, 1.54) is 0 Å². The second kappa shape index (κ2) is 6.49. The predicted octanol–water partition coefficient (Wildman–Crippen LogP) is 1.16. The van der Waals surface area contributed by atoms with Crippen LogP contribution in [0.3, 0.4) is 0 Å². The van der Waals surface area contributed by atoms with Crippen LogP contribution in [0.1, 0.15) is 16.1 Å². The molecule has 0 bridgehead atoms. The highest BCUT2D eigenvalue weighted by molar-refractivity contribution is 6.30. The fraction of sp³-hybridized carbons (Fsp3) is 0.308. The van der Waals surface area contributed by atoms with Gasteiger partial charge in [0.25, 0.3) is 5.91 Å². The topological polar surface area (TPSA) is 77.0 Å². The highest BCUT2D eigenvalue weighted by Crippen LogP contribution is 2.11. The molecule has 2 N–H and O–H groups in total. The van der Waals surface area contributed by atoms with E-state index in [9.17, 15) is 4.79 Å². The molecule has 7 heteroatoms. The molecule has 0 spiro atoms. The van der Waals surface area contributed by atoms with Crippen molar-refractivity contribution in [3.63, 3.8) is 0 Å². The SMILES string of the molecule is CN(Cc1ccc(Cl)cc1)C(=O)c1cn(CCN)nn1. The van der Waals surface area contributed by atoms with Crippen molar-refractivity contribution in [3.05, 3.63) is 46.7 Å². The van der Waals surface area contributed by atoms with Gasteiger partial charge in [0.2, 0.25) is 0 Å². The molecule has 0 aliphatic heterocycles.